The van der Waals surface area contributed by atoms with Gasteiger partial charge in [0, 0.05) is 11.4 Å². The maximum absolute atomic E-state index is 13.4. The number of aromatic nitrogens is 2. The van der Waals surface area contributed by atoms with Crippen LogP contribution in [0.15, 0.2) is 70.0 Å². The van der Waals surface area contributed by atoms with Crippen molar-refractivity contribution in [2.75, 3.05) is 11.5 Å². The van der Waals surface area contributed by atoms with E-state index in [1.165, 1.54) is 23.1 Å². The van der Waals surface area contributed by atoms with E-state index in [-0.39, 0.29) is 11.5 Å². The predicted molar refractivity (Wildman–Crippen MR) is 121 cm³/mol. The highest BCUT2D eigenvalue weighted by atomic mass is 32.2. The number of benzene rings is 2. The van der Waals surface area contributed by atoms with Crippen LogP contribution in [-0.4, -0.2) is 22.0 Å². The molecule has 4 aromatic rings. The standard InChI is InChI=1S/C22H17N3O3S2/c1-3-28-21(27)17-13(2)24(14-9-5-4-6-10-14)20(29-17)18-19(26)25-16-12-8-7-11-15(16)23-22(25)30-18/h4-12H,3H2,1-2H3/b20-18-. The van der Waals surface area contributed by atoms with Crippen LogP contribution in [0.4, 0.5) is 5.69 Å². The number of hydrogen-bond acceptors (Lipinski definition) is 7. The summed E-state index contributed by atoms with van der Waals surface area (Å²) >= 11 is 2.61. The number of rotatable bonds is 3. The number of carbonyl (C=O) groups is 1. The summed E-state index contributed by atoms with van der Waals surface area (Å²) in [6.07, 6.45) is 0. The Kier molecular flexibility index (Phi) is 4.60. The van der Waals surface area contributed by atoms with Crippen LogP contribution in [0.5, 0.6) is 0 Å². The van der Waals surface area contributed by atoms with Crippen molar-refractivity contribution in [1.82, 2.24) is 9.38 Å². The lowest BCUT2D eigenvalue weighted by Gasteiger charge is -2.20. The normalized spacial score (nSPS) is 16.1. The molecule has 5 rings (SSSR count). The van der Waals surface area contributed by atoms with Crippen LogP contribution in [0, 0.1) is 0 Å². The van der Waals surface area contributed by atoms with Crippen LogP contribution >= 0.6 is 23.1 Å². The number of thioether (sulfide) groups is 1. The highest BCUT2D eigenvalue weighted by Crippen LogP contribution is 2.44. The number of carbonyl (C=O) groups excluding carboxylic acids is 1. The Labute approximate surface area is 180 Å². The largest absolute Gasteiger partial charge is 0.462 e. The molecule has 150 valence electrons. The highest BCUT2D eigenvalue weighted by Gasteiger charge is 2.33. The summed E-state index contributed by atoms with van der Waals surface area (Å²) in [4.78, 5) is 33.7. The zero-order valence-corrected chi connectivity index (χ0v) is 17.9. The van der Waals surface area contributed by atoms with Crippen LogP contribution in [0.2, 0.25) is 0 Å². The van der Waals surface area contributed by atoms with Crippen molar-refractivity contribution >= 4 is 55.8 Å². The summed E-state index contributed by atoms with van der Waals surface area (Å²) in [7, 11) is 0. The molecule has 0 N–H and O–H groups in total. The lowest BCUT2D eigenvalue weighted by atomic mass is 10.2. The van der Waals surface area contributed by atoms with Crippen LogP contribution < -0.4 is 15.0 Å². The van der Waals surface area contributed by atoms with E-state index in [9.17, 15) is 9.59 Å². The molecule has 0 saturated heterocycles. The number of anilines is 1. The second-order valence-electron chi connectivity index (χ2n) is 6.67. The number of fused-ring (bicyclic) bond motifs is 3. The molecule has 0 bridgehead atoms. The van der Waals surface area contributed by atoms with Gasteiger partial charge in [-0.2, -0.15) is 0 Å². The lowest BCUT2D eigenvalue weighted by molar-refractivity contribution is -0.137. The second-order valence-corrected chi connectivity index (χ2v) is 8.64. The number of imidazole rings is 1. The van der Waals surface area contributed by atoms with Gasteiger partial charge in [0.25, 0.3) is 5.56 Å². The van der Waals surface area contributed by atoms with Gasteiger partial charge in [-0.15, -0.1) is 0 Å². The molecule has 30 heavy (non-hydrogen) atoms. The second kappa shape index (κ2) is 7.30. The zero-order valence-electron chi connectivity index (χ0n) is 16.3. The fraction of sp³-hybridized carbons (Fsp3) is 0.136. The van der Waals surface area contributed by atoms with Gasteiger partial charge in [0.15, 0.2) is 4.96 Å². The summed E-state index contributed by atoms with van der Waals surface area (Å²) in [5.41, 5.74) is 3.06. The molecule has 0 aliphatic carbocycles. The third kappa shape index (κ3) is 2.83. The number of nitrogens with zero attached hydrogens (tertiary/aromatic N) is 3. The van der Waals surface area contributed by atoms with Crippen LogP contribution in [-0.2, 0) is 9.53 Å². The molecule has 0 unspecified atom stereocenters. The minimum atomic E-state index is -0.379. The minimum absolute atomic E-state index is 0.134. The van der Waals surface area contributed by atoms with Gasteiger partial charge in [0.2, 0.25) is 0 Å². The zero-order chi connectivity index (χ0) is 20.8. The molecule has 2 aromatic carbocycles. The number of thiazole rings is 1. The first-order valence-corrected chi connectivity index (χ1v) is 11.1. The van der Waals surface area contributed by atoms with Gasteiger partial charge in [-0.25, -0.2) is 14.2 Å². The molecule has 0 fully saturated rings. The first-order chi connectivity index (χ1) is 14.6. The summed E-state index contributed by atoms with van der Waals surface area (Å²) in [5, 5.41) is 0.700. The van der Waals surface area contributed by atoms with E-state index < -0.39 is 0 Å². The number of allylic oxidation sites excluding steroid dienone is 1. The van der Waals surface area contributed by atoms with Crippen molar-refractivity contribution in [3.8, 4) is 0 Å². The van der Waals surface area contributed by atoms with E-state index in [2.05, 4.69) is 4.98 Å². The van der Waals surface area contributed by atoms with Gasteiger partial charge in [-0.1, -0.05) is 53.4 Å². The van der Waals surface area contributed by atoms with E-state index in [1.54, 1.807) is 11.3 Å². The summed E-state index contributed by atoms with van der Waals surface area (Å²) in [6.45, 7) is 3.95. The minimum Gasteiger partial charge on any atom is -0.462 e. The quantitative estimate of drug-likeness (QED) is 0.457. The maximum atomic E-state index is 13.4. The Hall–Kier alpha value is -3.10. The average Bonchev–Trinajstić information content (AvgIpc) is 3.39. The molecular formula is C22H17N3O3S2. The van der Waals surface area contributed by atoms with E-state index in [1.807, 2.05) is 66.4 Å². The first-order valence-electron chi connectivity index (χ1n) is 9.45. The monoisotopic (exact) mass is 435 g/mol. The van der Waals surface area contributed by atoms with Gasteiger partial charge in [0.05, 0.1) is 17.6 Å². The van der Waals surface area contributed by atoms with Crippen LogP contribution in [0.3, 0.4) is 0 Å². The average molecular weight is 436 g/mol. The fourth-order valence-electron chi connectivity index (χ4n) is 3.53. The van der Waals surface area contributed by atoms with E-state index in [4.69, 9.17) is 4.74 Å². The van der Waals surface area contributed by atoms with Gasteiger partial charge >= 0.3 is 5.97 Å². The summed E-state index contributed by atoms with van der Waals surface area (Å²) in [6, 6.07) is 17.3. The van der Waals surface area contributed by atoms with Gasteiger partial charge in [-0.3, -0.25) is 4.79 Å². The number of esters is 1. The topological polar surface area (TPSA) is 63.9 Å². The third-order valence-electron chi connectivity index (χ3n) is 4.86. The van der Waals surface area contributed by atoms with Crippen molar-refractivity contribution in [1.29, 1.82) is 0 Å². The molecular weight excluding hydrogens is 418 g/mol. The molecule has 1 aliphatic rings. The van der Waals surface area contributed by atoms with Gasteiger partial charge in [0.1, 0.15) is 14.5 Å². The molecule has 6 nitrogen and oxygen atoms in total. The van der Waals surface area contributed by atoms with Crippen LogP contribution in [0.1, 0.15) is 13.8 Å². The smallest absolute Gasteiger partial charge is 0.346 e. The highest BCUT2D eigenvalue weighted by molar-refractivity contribution is 8.12. The Bertz CT molecular complexity index is 1440. The van der Waals surface area contributed by atoms with Crippen molar-refractivity contribution in [3.05, 3.63) is 80.1 Å². The number of hydrogen-bond donors (Lipinski definition) is 0. The first kappa shape index (κ1) is 18.9. The van der Waals surface area contributed by atoms with E-state index >= 15 is 0 Å². The Morgan fingerprint density at radius 1 is 1.10 bits per heavy atom. The van der Waals surface area contributed by atoms with Crippen LogP contribution in [0.25, 0.3) is 21.0 Å². The molecule has 1 aliphatic heterocycles. The maximum Gasteiger partial charge on any atom is 0.346 e. The third-order valence-corrected chi connectivity index (χ3v) is 7.26. The SMILES string of the molecule is CCOC(=O)C1=C(C)N(c2ccccc2)/C(=c2/sc3nc4ccccc4n3c2=O)S1. The van der Waals surface area contributed by atoms with Gasteiger partial charge < -0.3 is 9.64 Å². The number of ether oxygens (including phenoxy) is 1. The lowest BCUT2D eigenvalue weighted by Crippen LogP contribution is -2.29. The van der Waals surface area contributed by atoms with Crippen molar-refractivity contribution in [3.63, 3.8) is 0 Å². The molecule has 0 amide bonds. The fourth-order valence-corrected chi connectivity index (χ4v) is 5.83. The molecule has 3 heterocycles. The molecule has 0 spiro atoms. The molecule has 8 heteroatoms. The number of para-hydroxylation sites is 3. The molecule has 2 aromatic heterocycles. The van der Waals surface area contributed by atoms with Crippen molar-refractivity contribution in [2.45, 2.75) is 13.8 Å². The molecule has 0 saturated carbocycles. The Morgan fingerprint density at radius 2 is 1.83 bits per heavy atom. The Morgan fingerprint density at radius 3 is 2.60 bits per heavy atom. The summed E-state index contributed by atoms with van der Waals surface area (Å²) < 4.78 is 7.44. The Balaban J connectivity index is 1.78. The van der Waals surface area contributed by atoms with Crippen molar-refractivity contribution < 1.29 is 9.53 Å². The molecule has 0 atom stereocenters. The van der Waals surface area contributed by atoms with Gasteiger partial charge in [-0.05, 0) is 38.1 Å². The summed E-state index contributed by atoms with van der Waals surface area (Å²) in [5.74, 6) is -0.379. The predicted octanol–water partition coefficient (Wildman–Crippen LogP) is 3.74. The van der Waals surface area contributed by atoms with Crippen molar-refractivity contribution in [2.24, 2.45) is 0 Å². The van der Waals surface area contributed by atoms with E-state index in [0.29, 0.717) is 26.0 Å². The van der Waals surface area contributed by atoms with E-state index in [0.717, 1.165) is 22.4 Å². The molecule has 0 radical (unpaired) electrons.